The lowest BCUT2D eigenvalue weighted by Gasteiger charge is -2.37. The van der Waals surface area contributed by atoms with Gasteiger partial charge >= 0.3 is 0 Å². The van der Waals surface area contributed by atoms with Gasteiger partial charge in [0.2, 0.25) is 13.4 Å². The van der Waals surface area contributed by atoms with Crippen molar-refractivity contribution in [1.82, 2.24) is 0 Å². The number of rotatable bonds is 2. The molecule has 0 bridgehead atoms. The van der Waals surface area contributed by atoms with Gasteiger partial charge in [-0.1, -0.05) is 150 Å². The van der Waals surface area contributed by atoms with E-state index in [4.69, 9.17) is 0 Å². The number of hydrogen-bond acceptors (Lipinski definition) is 0. The van der Waals surface area contributed by atoms with E-state index in [1.165, 1.54) is 121 Å². The van der Waals surface area contributed by atoms with E-state index in [1.807, 2.05) is 0 Å². The van der Waals surface area contributed by atoms with Gasteiger partial charge in [-0.25, -0.2) is 0 Å². The van der Waals surface area contributed by atoms with Crippen molar-refractivity contribution in [2.24, 2.45) is 0 Å². The van der Waals surface area contributed by atoms with E-state index in [1.54, 1.807) is 0 Å². The van der Waals surface area contributed by atoms with Gasteiger partial charge in [-0.3, -0.25) is 0 Å². The first-order chi connectivity index (χ1) is 22.0. The van der Waals surface area contributed by atoms with Crippen LogP contribution in [0, 0.1) is 69.2 Å². The molecule has 0 fully saturated rings. The highest BCUT2D eigenvalue weighted by molar-refractivity contribution is 7.01. The summed E-state index contributed by atoms with van der Waals surface area (Å²) in [6, 6.07) is 29.0. The fourth-order valence-corrected chi connectivity index (χ4v) is 9.63. The molecule has 0 saturated heterocycles. The molecule has 0 aliphatic carbocycles. The van der Waals surface area contributed by atoms with Crippen molar-refractivity contribution in [2.45, 2.75) is 69.2 Å². The van der Waals surface area contributed by atoms with Crippen molar-refractivity contribution in [2.75, 3.05) is 0 Å². The summed E-state index contributed by atoms with van der Waals surface area (Å²) in [5.41, 5.74) is 28.1. The third-order valence-electron chi connectivity index (χ3n) is 11.3. The van der Waals surface area contributed by atoms with E-state index in [0.717, 1.165) is 0 Å². The molecule has 0 unspecified atom stereocenters. The van der Waals surface area contributed by atoms with Crippen LogP contribution in [0.25, 0.3) is 33.0 Å². The molecule has 0 nitrogen and oxygen atoms in total. The summed E-state index contributed by atoms with van der Waals surface area (Å²) in [4.78, 5) is 0. The summed E-state index contributed by atoms with van der Waals surface area (Å²) >= 11 is 0. The molecule has 2 heteroatoms. The van der Waals surface area contributed by atoms with Crippen LogP contribution in [0.1, 0.15) is 55.6 Å². The van der Waals surface area contributed by atoms with Crippen LogP contribution in [-0.4, -0.2) is 13.4 Å². The van der Waals surface area contributed by atoms with Gasteiger partial charge in [-0.15, -0.1) is 0 Å². The maximum Gasteiger partial charge on any atom is 0.243 e. The van der Waals surface area contributed by atoms with E-state index >= 15 is 0 Å². The van der Waals surface area contributed by atoms with E-state index in [9.17, 15) is 0 Å². The van der Waals surface area contributed by atoms with Gasteiger partial charge in [0, 0.05) is 0 Å². The second-order valence-electron chi connectivity index (χ2n) is 14.7. The smallest absolute Gasteiger partial charge is 0.0668 e. The summed E-state index contributed by atoms with van der Waals surface area (Å²) < 4.78 is 0. The average Bonchev–Trinajstić information content (AvgIpc) is 2.98. The zero-order valence-corrected chi connectivity index (χ0v) is 29.1. The largest absolute Gasteiger partial charge is 0.243 e. The predicted octanol–water partition coefficient (Wildman–Crippen LogP) is 6.92. The third-order valence-corrected chi connectivity index (χ3v) is 11.3. The van der Waals surface area contributed by atoms with E-state index < -0.39 is 0 Å². The minimum absolute atomic E-state index is 0.188. The number of fused-ring (bicyclic) bond motifs is 4. The molecule has 0 N–H and O–H groups in total. The summed E-state index contributed by atoms with van der Waals surface area (Å²) in [6.07, 6.45) is 0. The molecule has 0 atom stereocenters. The summed E-state index contributed by atoms with van der Waals surface area (Å²) in [6.45, 7) is 23.3. The van der Waals surface area contributed by atoms with Gasteiger partial charge in [0.15, 0.2) is 0 Å². The summed E-state index contributed by atoms with van der Waals surface area (Å²) in [7, 11) is 0. The zero-order valence-electron chi connectivity index (χ0n) is 29.1. The highest BCUT2D eigenvalue weighted by Gasteiger charge is 2.40. The van der Waals surface area contributed by atoms with Crippen LogP contribution in [0.3, 0.4) is 0 Å². The van der Waals surface area contributed by atoms with Crippen LogP contribution in [-0.2, 0) is 0 Å². The molecule has 0 radical (unpaired) electrons. The van der Waals surface area contributed by atoms with Crippen molar-refractivity contribution in [3.63, 3.8) is 0 Å². The first-order valence-corrected chi connectivity index (χ1v) is 16.9. The van der Waals surface area contributed by atoms with Crippen molar-refractivity contribution in [1.29, 1.82) is 0 Å². The molecule has 6 aromatic rings. The second-order valence-corrected chi connectivity index (χ2v) is 14.7. The molecule has 0 amide bonds. The molecule has 0 saturated carbocycles. The van der Waals surface area contributed by atoms with Gasteiger partial charge in [0.25, 0.3) is 0 Å². The Kier molecular flexibility index (Phi) is 6.40. The molecule has 0 aromatic heterocycles. The lowest BCUT2D eigenvalue weighted by Crippen LogP contribution is -2.60. The molecule has 8 rings (SSSR count). The van der Waals surface area contributed by atoms with Crippen molar-refractivity contribution >= 4 is 57.0 Å². The highest BCUT2D eigenvalue weighted by atomic mass is 14.3. The van der Waals surface area contributed by atoms with Crippen LogP contribution < -0.4 is 32.8 Å². The van der Waals surface area contributed by atoms with Gasteiger partial charge < -0.3 is 0 Å². The van der Waals surface area contributed by atoms with E-state index in [-0.39, 0.29) is 13.4 Å². The summed E-state index contributed by atoms with van der Waals surface area (Å²) in [5, 5.41) is 2.94. The first kappa shape index (κ1) is 29.1. The van der Waals surface area contributed by atoms with E-state index in [0.29, 0.717) is 0 Å². The molecule has 224 valence electrons. The predicted molar refractivity (Wildman–Crippen MR) is 204 cm³/mol. The Morgan fingerprint density at radius 2 is 0.696 bits per heavy atom. The molecule has 2 aliphatic rings. The third kappa shape index (κ3) is 3.95. The quantitative estimate of drug-likeness (QED) is 0.191. The Balaban J connectivity index is 1.59. The summed E-state index contributed by atoms with van der Waals surface area (Å²) in [5.74, 6) is 0. The average molecular weight is 592 g/mol. The fourth-order valence-electron chi connectivity index (χ4n) is 9.63. The van der Waals surface area contributed by atoms with Gasteiger partial charge in [0.1, 0.15) is 0 Å². The Hall–Kier alpha value is -4.29. The number of aryl methyl sites for hydroxylation is 8. The molecule has 2 aliphatic heterocycles. The van der Waals surface area contributed by atoms with Crippen LogP contribution in [0.5, 0.6) is 0 Å². The lowest BCUT2D eigenvalue weighted by atomic mass is 9.29. The maximum atomic E-state index is 2.51. The molecule has 2 heterocycles. The minimum atomic E-state index is 0.188. The SMILES string of the molecule is Cc1cc(C)c(B2c3cc(C)ccc3-c3c(C)c(C)c4c5c(ccc2c35)B(c2c(C)cc(C)cc2C)c2cc(C)ccc2-4)c(C)c1. The van der Waals surface area contributed by atoms with Crippen LogP contribution in [0.2, 0.25) is 0 Å². The minimum Gasteiger partial charge on any atom is -0.0668 e. The van der Waals surface area contributed by atoms with Crippen molar-refractivity contribution in [3.05, 3.63) is 128 Å². The molecule has 46 heavy (non-hydrogen) atoms. The maximum absolute atomic E-state index is 2.51. The molecule has 0 spiro atoms. The molecule has 6 aromatic carbocycles. The van der Waals surface area contributed by atoms with Crippen molar-refractivity contribution < 1.29 is 0 Å². The Morgan fingerprint density at radius 1 is 0.348 bits per heavy atom. The fraction of sp³-hybridized carbons (Fsp3) is 0.227. The second kappa shape index (κ2) is 10.1. The highest BCUT2D eigenvalue weighted by Crippen LogP contribution is 2.43. The first-order valence-electron chi connectivity index (χ1n) is 16.9. The van der Waals surface area contributed by atoms with Crippen LogP contribution in [0.4, 0.5) is 0 Å². The van der Waals surface area contributed by atoms with Gasteiger partial charge in [0.05, 0.1) is 0 Å². The number of benzene rings is 6. The lowest BCUT2D eigenvalue weighted by molar-refractivity contribution is 1.34. The van der Waals surface area contributed by atoms with Crippen LogP contribution in [0.15, 0.2) is 72.8 Å². The zero-order chi connectivity index (χ0) is 32.3. The van der Waals surface area contributed by atoms with E-state index in [2.05, 4.69) is 142 Å². The Morgan fingerprint density at radius 3 is 1.04 bits per heavy atom. The van der Waals surface area contributed by atoms with Gasteiger partial charge in [-0.05, 0) is 113 Å². The molecular formula is C44H42B2. The standard InChI is InChI=1S/C44H42B2/c1-23-11-13-33-37(21-23)45(43-27(5)17-25(3)18-28(43)6)35-15-16-36-42-40(32(10)31(9)39(33)41(35)42)34-14-12-24(2)22-38(34)46(36)44-29(7)19-26(4)20-30(44)8/h11-22H,1-10H3. The molecular weight excluding hydrogens is 550 g/mol. The van der Waals surface area contributed by atoms with Gasteiger partial charge in [-0.2, -0.15) is 0 Å². The normalized spacial score (nSPS) is 12.9. The Labute approximate surface area is 276 Å². The van der Waals surface area contributed by atoms with Crippen LogP contribution >= 0.6 is 0 Å². The topological polar surface area (TPSA) is 0 Å². The number of hydrogen-bond donors (Lipinski definition) is 0. The Bertz CT molecular complexity index is 2110. The monoisotopic (exact) mass is 592 g/mol. The van der Waals surface area contributed by atoms with Crippen molar-refractivity contribution in [3.8, 4) is 22.3 Å².